The second kappa shape index (κ2) is 9.29. The van der Waals surface area contributed by atoms with Crippen molar-refractivity contribution in [2.45, 2.75) is 70.8 Å². The Kier molecular flexibility index (Phi) is 7.81. The van der Waals surface area contributed by atoms with Crippen LogP contribution >= 0.6 is 0 Å². The summed E-state index contributed by atoms with van der Waals surface area (Å²) in [7, 11) is 0. The van der Waals surface area contributed by atoms with Gasteiger partial charge in [-0.3, -0.25) is 0 Å². The van der Waals surface area contributed by atoms with Crippen molar-refractivity contribution in [3.05, 3.63) is 24.2 Å². The van der Waals surface area contributed by atoms with E-state index in [2.05, 4.69) is 6.92 Å². The molecule has 0 amide bonds. The van der Waals surface area contributed by atoms with Crippen LogP contribution in [-0.4, -0.2) is 6.04 Å². The highest BCUT2D eigenvalue weighted by Gasteiger charge is 2.05. The van der Waals surface area contributed by atoms with Crippen molar-refractivity contribution in [3.63, 3.8) is 0 Å². The Bertz CT molecular complexity index is 256. The van der Waals surface area contributed by atoms with Gasteiger partial charge in [0, 0.05) is 12.5 Å². The van der Waals surface area contributed by atoms with Gasteiger partial charge in [0.25, 0.3) is 0 Å². The van der Waals surface area contributed by atoms with Gasteiger partial charge in [0.05, 0.1) is 6.26 Å². The molecular formula is C15H27NO. The highest BCUT2D eigenvalue weighted by Crippen LogP contribution is 2.11. The maximum Gasteiger partial charge on any atom is 0.105 e. The molecule has 1 aromatic heterocycles. The third-order valence-corrected chi connectivity index (χ3v) is 3.22. The monoisotopic (exact) mass is 237 g/mol. The standard InChI is InChI=1S/C15H27NO/c1-2-3-4-5-6-7-8-10-14(16)13-15-11-9-12-17-15/h9,11-12,14H,2-8,10,13,16H2,1H3. The lowest BCUT2D eigenvalue weighted by molar-refractivity contribution is 0.461. The van der Waals surface area contributed by atoms with Crippen LogP contribution in [0.4, 0.5) is 0 Å². The summed E-state index contributed by atoms with van der Waals surface area (Å²) in [5.74, 6) is 1.01. The molecule has 2 nitrogen and oxygen atoms in total. The first kappa shape index (κ1) is 14.3. The van der Waals surface area contributed by atoms with Crippen molar-refractivity contribution < 1.29 is 4.42 Å². The highest BCUT2D eigenvalue weighted by atomic mass is 16.3. The molecule has 1 unspecified atom stereocenters. The lowest BCUT2D eigenvalue weighted by atomic mass is 10.0. The molecule has 0 aliphatic rings. The van der Waals surface area contributed by atoms with Gasteiger partial charge in [0.2, 0.25) is 0 Å². The van der Waals surface area contributed by atoms with Crippen LogP contribution in [0, 0.1) is 0 Å². The van der Waals surface area contributed by atoms with Gasteiger partial charge in [-0.1, -0.05) is 51.9 Å². The van der Waals surface area contributed by atoms with E-state index < -0.39 is 0 Å². The molecule has 0 spiro atoms. The number of unbranched alkanes of at least 4 members (excludes halogenated alkanes) is 6. The van der Waals surface area contributed by atoms with E-state index in [1.165, 1.54) is 44.9 Å². The summed E-state index contributed by atoms with van der Waals surface area (Å²) in [6.45, 7) is 2.26. The molecule has 0 radical (unpaired) electrons. The first-order valence-electron chi connectivity index (χ1n) is 7.11. The molecule has 2 heteroatoms. The highest BCUT2D eigenvalue weighted by molar-refractivity contribution is 4.99. The third-order valence-electron chi connectivity index (χ3n) is 3.22. The van der Waals surface area contributed by atoms with Crippen LogP contribution in [0.3, 0.4) is 0 Å². The molecular weight excluding hydrogens is 210 g/mol. The lowest BCUT2D eigenvalue weighted by Gasteiger charge is -2.09. The zero-order valence-corrected chi connectivity index (χ0v) is 11.2. The number of furan rings is 1. The summed E-state index contributed by atoms with van der Waals surface area (Å²) >= 11 is 0. The topological polar surface area (TPSA) is 39.2 Å². The van der Waals surface area contributed by atoms with Gasteiger partial charge in [-0.2, -0.15) is 0 Å². The van der Waals surface area contributed by atoms with Gasteiger partial charge >= 0.3 is 0 Å². The fraction of sp³-hybridized carbons (Fsp3) is 0.733. The van der Waals surface area contributed by atoms with Gasteiger partial charge in [0.1, 0.15) is 5.76 Å². The Morgan fingerprint density at radius 3 is 2.47 bits per heavy atom. The van der Waals surface area contributed by atoms with Gasteiger partial charge in [-0.25, -0.2) is 0 Å². The fourth-order valence-electron chi connectivity index (χ4n) is 2.15. The molecule has 0 aromatic carbocycles. The SMILES string of the molecule is CCCCCCCCCC(N)Cc1ccco1. The number of rotatable bonds is 10. The molecule has 0 saturated heterocycles. The van der Waals surface area contributed by atoms with Crippen LogP contribution in [0.15, 0.2) is 22.8 Å². The summed E-state index contributed by atoms with van der Waals surface area (Å²) in [6.07, 6.45) is 13.2. The second-order valence-corrected chi connectivity index (χ2v) is 4.95. The predicted molar refractivity (Wildman–Crippen MR) is 73.0 cm³/mol. The summed E-state index contributed by atoms with van der Waals surface area (Å²) < 4.78 is 5.30. The zero-order chi connectivity index (χ0) is 12.3. The average Bonchev–Trinajstić information content (AvgIpc) is 2.80. The van der Waals surface area contributed by atoms with E-state index in [1.54, 1.807) is 6.26 Å². The van der Waals surface area contributed by atoms with Gasteiger partial charge in [0.15, 0.2) is 0 Å². The molecule has 1 aromatic rings. The van der Waals surface area contributed by atoms with Gasteiger partial charge in [-0.15, -0.1) is 0 Å². The smallest absolute Gasteiger partial charge is 0.105 e. The molecule has 0 fully saturated rings. The number of nitrogens with two attached hydrogens (primary N) is 1. The molecule has 0 saturated carbocycles. The van der Waals surface area contributed by atoms with Crippen LogP contribution in [-0.2, 0) is 6.42 Å². The second-order valence-electron chi connectivity index (χ2n) is 4.95. The minimum Gasteiger partial charge on any atom is -0.469 e. The van der Waals surface area contributed by atoms with Crippen molar-refractivity contribution in [2.75, 3.05) is 0 Å². The van der Waals surface area contributed by atoms with E-state index in [9.17, 15) is 0 Å². The molecule has 0 bridgehead atoms. The number of hydrogen-bond acceptors (Lipinski definition) is 2. The van der Waals surface area contributed by atoms with E-state index in [-0.39, 0.29) is 6.04 Å². The van der Waals surface area contributed by atoms with E-state index in [1.807, 2.05) is 12.1 Å². The fourth-order valence-corrected chi connectivity index (χ4v) is 2.15. The summed E-state index contributed by atoms with van der Waals surface area (Å²) in [5.41, 5.74) is 6.07. The summed E-state index contributed by atoms with van der Waals surface area (Å²) in [4.78, 5) is 0. The van der Waals surface area contributed by atoms with Crippen molar-refractivity contribution in [1.82, 2.24) is 0 Å². The van der Waals surface area contributed by atoms with Crippen molar-refractivity contribution >= 4 is 0 Å². The summed E-state index contributed by atoms with van der Waals surface area (Å²) in [6, 6.07) is 4.19. The normalized spacial score (nSPS) is 12.8. The van der Waals surface area contributed by atoms with E-state index in [0.29, 0.717) is 0 Å². The average molecular weight is 237 g/mol. The Labute approximate surface area is 106 Å². The molecule has 1 atom stereocenters. The quantitative estimate of drug-likeness (QED) is 0.616. The van der Waals surface area contributed by atoms with Crippen LogP contribution in [0.25, 0.3) is 0 Å². The molecule has 1 heterocycles. The first-order valence-corrected chi connectivity index (χ1v) is 7.11. The van der Waals surface area contributed by atoms with Crippen LogP contribution in [0.1, 0.15) is 64.1 Å². The number of hydrogen-bond donors (Lipinski definition) is 1. The molecule has 1 rings (SSSR count). The minimum absolute atomic E-state index is 0.261. The summed E-state index contributed by atoms with van der Waals surface area (Å²) in [5, 5.41) is 0. The maximum atomic E-state index is 6.07. The lowest BCUT2D eigenvalue weighted by Crippen LogP contribution is -2.22. The molecule has 17 heavy (non-hydrogen) atoms. The Balaban J connectivity index is 1.92. The molecule has 2 N–H and O–H groups in total. The van der Waals surface area contributed by atoms with Crippen LogP contribution in [0.5, 0.6) is 0 Å². The minimum atomic E-state index is 0.261. The zero-order valence-electron chi connectivity index (χ0n) is 11.2. The van der Waals surface area contributed by atoms with E-state index >= 15 is 0 Å². The first-order chi connectivity index (χ1) is 8.33. The Morgan fingerprint density at radius 2 is 1.82 bits per heavy atom. The molecule has 98 valence electrons. The maximum absolute atomic E-state index is 6.07. The van der Waals surface area contributed by atoms with Crippen molar-refractivity contribution in [2.24, 2.45) is 5.73 Å². The van der Waals surface area contributed by atoms with Crippen molar-refractivity contribution in [3.8, 4) is 0 Å². The van der Waals surface area contributed by atoms with E-state index in [4.69, 9.17) is 10.2 Å². The molecule has 0 aliphatic heterocycles. The Hall–Kier alpha value is -0.760. The predicted octanol–water partition coefficient (Wildman–Crippen LogP) is 4.29. The van der Waals surface area contributed by atoms with Crippen LogP contribution in [0.2, 0.25) is 0 Å². The van der Waals surface area contributed by atoms with Gasteiger partial charge in [-0.05, 0) is 18.6 Å². The van der Waals surface area contributed by atoms with Crippen LogP contribution < -0.4 is 5.73 Å². The molecule has 0 aliphatic carbocycles. The largest absolute Gasteiger partial charge is 0.469 e. The Morgan fingerprint density at radius 1 is 1.12 bits per heavy atom. The van der Waals surface area contributed by atoms with E-state index in [0.717, 1.165) is 18.6 Å². The third kappa shape index (κ3) is 7.22. The van der Waals surface area contributed by atoms with Crippen molar-refractivity contribution in [1.29, 1.82) is 0 Å². The van der Waals surface area contributed by atoms with Gasteiger partial charge < -0.3 is 10.2 Å².